The molecule has 0 atom stereocenters. The Morgan fingerprint density at radius 1 is 1.42 bits per heavy atom. The summed E-state index contributed by atoms with van der Waals surface area (Å²) in [6, 6.07) is 0.393. The molecule has 4 nitrogen and oxygen atoms in total. The second kappa shape index (κ2) is 8.48. The minimum absolute atomic E-state index is 0.135. The molecule has 0 aromatic heterocycles. The number of hydrogen-bond acceptors (Lipinski definition) is 3. The van der Waals surface area contributed by atoms with E-state index in [1.165, 1.54) is 12.8 Å². The Labute approximate surface area is 122 Å². The predicted molar refractivity (Wildman–Crippen MR) is 83.1 cm³/mol. The number of thiocarbonyl (C=S) groups is 1. The molecule has 0 saturated heterocycles. The van der Waals surface area contributed by atoms with Gasteiger partial charge in [-0.2, -0.15) is 0 Å². The summed E-state index contributed by atoms with van der Waals surface area (Å²) in [7, 11) is 0. The SMILES string of the molecule is CC(C)CN(CCC(N)=S)CC(=O)NC1CCCC1. The molecule has 1 amide bonds. The van der Waals surface area contributed by atoms with Crippen LogP contribution in [0.5, 0.6) is 0 Å². The van der Waals surface area contributed by atoms with Crippen molar-refractivity contribution < 1.29 is 4.79 Å². The Morgan fingerprint density at radius 2 is 2.05 bits per heavy atom. The van der Waals surface area contributed by atoms with E-state index in [0.717, 1.165) is 25.9 Å². The first kappa shape index (κ1) is 16.4. The van der Waals surface area contributed by atoms with Crippen LogP contribution in [-0.4, -0.2) is 41.5 Å². The molecule has 0 spiro atoms. The highest BCUT2D eigenvalue weighted by atomic mass is 32.1. The Hall–Kier alpha value is -0.680. The van der Waals surface area contributed by atoms with E-state index < -0.39 is 0 Å². The van der Waals surface area contributed by atoms with Gasteiger partial charge in [-0.05, 0) is 18.8 Å². The van der Waals surface area contributed by atoms with Gasteiger partial charge in [0, 0.05) is 25.6 Å². The van der Waals surface area contributed by atoms with Crippen molar-refractivity contribution in [1.82, 2.24) is 10.2 Å². The lowest BCUT2D eigenvalue weighted by atomic mass is 10.2. The van der Waals surface area contributed by atoms with Gasteiger partial charge in [0.1, 0.15) is 0 Å². The molecule has 0 heterocycles. The summed E-state index contributed by atoms with van der Waals surface area (Å²) in [6.07, 6.45) is 5.41. The van der Waals surface area contributed by atoms with Crippen molar-refractivity contribution in [2.45, 2.75) is 52.0 Å². The topological polar surface area (TPSA) is 58.4 Å². The van der Waals surface area contributed by atoms with Crippen LogP contribution in [0, 0.1) is 5.92 Å². The molecule has 5 heteroatoms. The first-order chi connectivity index (χ1) is 8.97. The molecule has 0 radical (unpaired) electrons. The van der Waals surface area contributed by atoms with E-state index in [9.17, 15) is 4.79 Å². The van der Waals surface area contributed by atoms with Crippen molar-refractivity contribution in [3.63, 3.8) is 0 Å². The van der Waals surface area contributed by atoms with Gasteiger partial charge in [-0.1, -0.05) is 38.9 Å². The van der Waals surface area contributed by atoms with Crippen LogP contribution in [0.1, 0.15) is 46.0 Å². The summed E-state index contributed by atoms with van der Waals surface area (Å²) in [4.78, 5) is 14.7. The Balaban J connectivity index is 2.36. The lowest BCUT2D eigenvalue weighted by Gasteiger charge is -2.24. The molecule has 1 rings (SSSR count). The fourth-order valence-corrected chi connectivity index (χ4v) is 2.66. The highest BCUT2D eigenvalue weighted by Gasteiger charge is 2.19. The first-order valence-corrected chi connectivity index (χ1v) is 7.68. The summed E-state index contributed by atoms with van der Waals surface area (Å²) >= 11 is 4.91. The molecule has 19 heavy (non-hydrogen) atoms. The predicted octanol–water partition coefficient (Wildman–Crippen LogP) is 1.68. The third kappa shape index (κ3) is 7.47. The summed E-state index contributed by atoms with van der Waals surface area (Å²) in [5, 5.41) is 3.13. The lowest BCUT2D eigenvalue weighted by molar-refractivity contribution is -0.123. The third-order valence-electron chi connectivity index (χ3n) is 3.39. The number of amides is 1. The summed E-state index contributed by atoms with van der Waals surface area (Å²) in [5.74, 6) is 0.668. The molecule has 0 bridgehead atoms. The monoisotopic (exact) mass is 285 g/mol. The van der Waals surface area contributed by atoms with Crippen LogP contribution < -0.4 is 11.1 Å². The Morgan fingerprint density at radius 3 is 2.58 bits per heavy atom. The van der Waals surface area contributed by atoms with E-state index in [4.69, 9.17) is 18.0 Å². The molecule has 0 aromatic rings. The normalized spacial score (nSPS) is 16.2. The zero-order valence-corrected chi connectivity index (χ0v) is 13.0. The maximum atomic E-state index is 12.0. The minimum Gasteiger partial charge on any atom is -0.393 e. The zero-order chi connectivity index (χ0) is 14.3. The minimum atomic E-state index is 0.135. The number of nitrogens with one attached hydrogen (secondary N) is 1. The van der Waals surface area contributed by atoms with Crippen molar-refractivity contribution in [1.29, 1.82) is 0 Å². The molecular weight excluding hydrogens is 258 g/mol. The molecule has 1 aliphatic rings. The number of rotatable bonds is 8. The molecular formula is C14H27N3OS. The van der Waals surface area contributed by atoms with Gasteiger partial charge in [-0.3, -0.25) is 9.69 Å². The van der Waals surface area contributed by atoms with Crippen molar-refractivity contribution in [3.05, 3.63) is 0 Å². The van der Waals surface area contributed by atoms with Gasteiger partial charge in [0.25, 0.3) is 0 Å². The maximum absolute atomic E-state index is 12.0. The smallest absolute Gasteiger partial charge is 0.234 e. The summed E-state index contributed by atoms with van der Waals surface area (Å²) < 4.78 is 0. The number of hydrogen-bond donors (Lipinski definition) is 2. The van der Waals surface area contributed by atoms with Crippen LogP contribution in [0.2, 0.25) is 0 Å². The quantitative estimate of drug-likeness (QED) is 0.666. The number of nitrogens with two attached hydrogens (primary N) is 1. The molecule has 1 fully saturated rings. The fourth-order valence-electron chi connectivity index (χ4n) is 2.57. The summed E-state index contributed by atoms with van der Waals surface area (Å²) in [5.41, 5.74) is 5.54. The van der Waals surface area contributed by atoms with Gasteiger partial charge in [0.05, 0.1) is 11.5 Å². The van der Waals surface area contributed by atoms with Gasteiger partial charge in [0.2, 0.25) is 5.91 Å². The third-order valence-corrected chi connectivity index (χ3v) is 3.59. The van der Waals surface area contributed by atoms with Crippen molar-refractivity contribution in [3.8, 4) is 0 Å². The number of nitrogens with zero attached hydrogens (tertiary/aromatic N) is 1. The van der Waals surface area contributed by atoms with Gasteiger partial charge >= 0.3 is 0 Å². The van der Waals surface area contributed by atoms with Gasteiger partial charge in [-0.15, -0.1) is 0 Å². The number of carbonyl (C=O) groups is 1. The van der Waals surface area contributed by atoms with Gasteiger partial charge in [-0.25, -0.2) is 0 Å². The maximum Gasteiger partial charge on any atom is 0.234 e. The highest BCUT2D eigenvalue weighted by molar-refractivity contribution is 7.80. The van der Waals surface area contributed by atoms with E-state index in [1.807, 2.05) is 0 Å². The highest BCUT2D eigenvalue weighted by Crippen LogP contribution is 2.17. The van der Waals surface area contributed by atoms with Gasteiger partial charge in [0.15, 0.2) is 0 Å². The largest absolute Gasteiger partial charge is 0.393 e. The van der Waals surface area contributed by atoms with E-state index in [1.54, 1.807) is 0 Å². The second-order valence-corrected chi connectivity index (χ2v) is 6.42. The van der Waals surface area contributed by atoms with Crippen molar-refractivity contribution in [2.75, 3.05) is 19.6 Å². The Kier molecular flexibility index (Phi) is 7.31. The number of carbonyl (C=O) groups excluding carboxylic acids is 1. The van der Waals surface area contributed by atoms with Crippen LogP contribution >= 0.6 is 12.2 Å². The van der Waals surface area contributed by atoms with Crippen LogP contribution in [0.4, 0.5) is 0 Å². The van der Waals surface area contributed by atoms with Gasteiger partial charge < -0.3 is 11.1 Å². The van der Waals surface area contributed by atoms with E-state index >= 15 is 0 Å². The van der Waals surface area contributed by atoms with E-state index in [0.29, 0.717) is 29.9 Å². The lowest BCUT2D eigenvalue weighted by Crippen LogP contribution is -2.43. The molecule has 3 N–H and O–H groups in total. The van der Waals surface area contributed by atoms with E-state index in [2.05, 4.69) is 24.1 Å². The first-order valence-electron chi connectivity index (χ1n) is 7.27. The molecule has 0 aromatic carbocycles. The van der Waals surface area contributed by atoms with Crippen LogP contribution in [0.25, 0.3) is 0 Å². The molecule has 0 unspecified atom stereocenters. The standard InChI is InChI=1S/C14H27N3OS/c1-11(2)9-17(8-7-13(15)19)10-14(18)16-12-5-3-4-6-12/h11-12H,3-10H2,1-2H3,(H2,15,19)(H,16,18). The Bertz CT molecular complexity index is 301. The van der Waals surface area contributed by atoms with Crippen LogP contribution in [0.15, 0.2) is 0 Å². The summed E-state index contributed by atoms with van der Waals surface area (Å²) in [6.45, 7) is 6.44. The second-order valence-electron chi connectivity index (χ2n) is 5.89. The van der Waals surface area contributed by atoms with Crippen molar-refractivity contribution in [2.24, 2.45) is 11.7 Å². The zero-order valence-electron chi connectivity index (χ0n) is 12.2. The fraction of sp³-hybridized carbons (Fsp3) is 0.857. The molecule has 1 aliphatic carbocycles. The van der Waals surface area contributed by atoms with Crippen molar-refractivity contribution >= 4 is 23.1 Å². The molecule has 1 saturated carbocycles. The van der Waals surface area contributed by atoms with Crippen LogP contribution in [-0.2, 0) is 4.79 Å². The molecule has 0 aliphatic heterocycles. The average Bonchev–Trinajstić information content (AvgIpc) is 2.77. The average molecular weight is 285 g/mol. The van der Waals surface area contributed by atoms with E-state index in [-0.39, 0.29) is 5.91 Å². The molecule has 110 valence electrons. The van der Waals surface area contributed by atoms with Crippen LogP contribution in [0.3, 0.4) is 0 Å².